The largest absolute Gasteiger partial charge is 0.471 e. The molecule has 148 valence electrons. The average molecular weight is 397 g/mol. The molecule has 0 amide bonds. The van der Waals surface area contributed by atoms with Crippen LogP contribution in [0.15, 0.2) is 34.6 Å². The Morgan fingerprint density at radius 1 is 1.04 bits per heavy atom. The van der Waals surface area contributed by atoms with Gasteiger partial charge in [-0.25, -0.2) is 4.99 Å². The van der Waals surface area contributed by atoms with Crippen molar-refractivity contribution in [1.82, 2.24) is 4.90 Å². The molecular weight excluding hydrogens is 368 g/mol. The number of aryl methyl sites for hydroxylation is 1. The Hall–Kier alpha value is -2.05. The predicted octanol–water partition coefficient (Wildman–Crippen LogP) is 4.23. The molecule has 2 aromatic rings. The summed E-state index contributed by atoms with van der Waals surface area (Å²) in [6.07, 6.45) is 2.25. The van der Waals surface area contributed by atoms with E-state index in [1.807, 2.05) is 0 Å². The van der Waals surface area contributed by atoms with Crippen molar-refractivity contribution in [3.8, 4) is 0 Å². The van der Waals surface area contributed by atoms with Crippen molar-refractivity contribution >= 4 is 33.6 Å². The zero-order valence-electron chi connectivity index (χ0n) is 16.9. The highest BCUT2D eigenvalue weighted by molar-refractivity contribution is 7.15. The lowest BCUT2D eigenvalue weighted by molar-refractivity contribution is 0.186. The molecule has 5 nitrogen and oxygen atoms in total. The smallest absolute Gasteiger partial charge is 0.221 e. The van der Waals surface area contributed by atoms with Gasteiger partial charge in [-0.15, -0.1) is 11.3 Å². The summed E-state index contributed by atoms with van der Waals surface area (Å²) in [7, 11) is 2.19. The number of hydrogen-bond acceptors (Lipinski definition) is 6. The van der Waals surface area contributed by atoms with Crippen molar-refractivity contribution in [2.24, 2.45) is 4.99 Å². The van der Waals surface area contributed by atoms with Crippen molar-refractivity contribution in [3.05, 3.63) is 40.8 Å². The topological polar surface area (TPSA) is 31.3 Å². The number of nitrogens with zero attached hydrogens (tertiary/aromatic N) is 4. The molecule has 2 fully saturated rings. The minimum absolute atomic E-state index is 0.00317. The van der Waals surface area contributed by atoms with Crippen LogP contribution in [0, 0.1) is 6.92 Å². The van der Waals surface area contributed by atoms with Crippen LogP contribution in [0.5, 0.6) is 0 Å². The number of fused-ring (bicyclic) bond motifs is 1. The van der Waals surface area contributed by atoms with Gasteiger partial charge >= 0.3 is 0 Å². The standard InChI is InChI=1S/C22H28N4OS/c1-16-14-28-21-19(16)20(27-22(2)8-9-22)23-15-26(21)18-6-4-17(5-7-18)25-12-10-24(3)11-13-25/h4-7,14H,8-13,15H2,1-3H3. The molecule has 1 aliphatic carbocycles. The van der Waals surface area contributed by atoms with Crippen LogP contribution in [0.1, 0.15) is 30.9 Å². The molecule has 0 N–H and O–H groups in total. The quantitative estimate of drug-likeness (QED) is 0.777. The van der Waals surface area contributed by atoms with Gasteiger partial charge in [-0.05, 0) is 68.9 Å². The third-order valence-electron chi connectivity index (χ3n) is 6.10. The Morgan fingerprint density at radius 3 is 2.39 bits per heavy atom. The number of hydrogen-bond donors (Lipinski definition) is 0. The Labute approximate surface area is 171 Å². The van der Waals surface area contributed by atoms with Crippen molar-refractivity contribution in [3.63, 3.8) is 0 Å². The SMILES string of the molecule is Cc1csc2c1C(OC1(C)CC1)=NCN2c1ccc(N2CCN(C)CC2)cc1. The van der Waals surface area contributed by atoms with E-state index in [1.165, 1.54) is 27.5 Å². The number of piperazine rings is 1. The summed E-state index contributed by atoms with van der Waals surface area (Å²) in [5, 5.41) is 3.47. The molecule has 2 aliphatic heterocycles. The zero-order valence-corrected chi connectivity index (χ0v) is 17.8. The minimum Gasteiger partial charge on any atom is -0.471 e. The van der Waals surface area contributed by atoms with Crippen LogP contribution in [0.3, 0.4) is 0 Å². The van der Waals surface area contributed by atoms with Gasteiger partial charge in [0.25, 0.3) is 0 Å². The highest BCUT2D eigenvalue weighted by Crippen LogP contribution is 2.44. The number of ether oxygens (including phenoxy) is 1. The number of benzene rings is 1. The molecular formula is C22H28N4OS. The van der Waals surface area contributed by atoms with Gasteiger partial charge in [0.15, 0.2) is 0 Å². The molecule has 0 bridgehead atoms. The van der Waals surface area contributed by atoms with E-state index >= 15 is 0 Å². The fraction of sp³-hybridized carbons (Fsp3) is 0.500. The van der Waals surface area contributed by atoms with E-state index in [1.54, 1.807) is 11.3 Å². The van der Waals surface area contributed by atoms with Crippen LogP contribution < -0.4 is 9.80 Å². The maximum atomic E-state index is 6.27. The third kappa shape index (κ3) is 3.29. The lowest BCUT2D eigenvalue weighted by Crippen LogP contribution is -2.44. The third-order valence-corrected chi connectivity index (χ3v) is 7.22. The van der Waals surface area contributed by atoms with Gasteiger partial charge in [-0.2, -0.15) is 0 Å². The monoisotopic (exact) mass is 396 g/mol. The minimum atomic E-state index is -0.00317. The number of likely N-dealkylation sites (N-methyl/N-ethyl adjacent to an activating group) is 1. The van der Waals surface area contributed by atoms with E-state index in [2.05, 4.69) is 65.2 Å². The van der Waals surface area contributed by atoms with Crippen molar-refractivity contribution in [2.75, 3.05) is 49.7 Å². The molecule has 0 spiro atoms. The molecule has 1 saturated carbocycles. The first-order chi connectivity index (χ1) is 13.5. The fourth-order valence-corrected chi connectivity index (χ4v) is 4.93. The molecule has 3 heterocycles. The molecule has 0 atom stereocenters. The van der Waals surface area contributed by atoms with Crippen molar-refractivity contribution in [2.45, 2.75) is 32.3 Å². The summed E-state index contributed by atoms with van der Waals surface area (Å²) < 4.78 is 6.27. The number of anilines is 3. The van der Waals surface area contributed by atoms with Crippen LogP contribution in [0.2, 0.25) is 0 Å². The molecule has 5 rings (SSSR count). The molecule has 1 saturated heterocycles. The first kappa shape index (κ1) is 18.0. The van der Waals surface area contributed by atoms with E-state index in [9.17, 15) is 0 Å². The second-order valence-corrected chi connectivity index (χ2v) is 9.35. The van der Waals surface area contributed by atoms with Gasteiger partial charge in [0.1, 0.15) is 17.3 Å². The lowest BCUT2D eigenvalue weighted by atomic mass is 10.1. The van der Waals surface area contributed by atoms with Gasteiger partial charge in [0.2, 0.25) is 5.90 Å². The number of rotatable bonds is 3. The summed E-state index contributed by atoms with van der Waals surface area (Å²) in [6, 6.07) is 8.97. The highest BCUT2D eigenvalue weighted by atomic mass is 32.1. The normalized spacial score (nSPS) is 21.3. The van der Waals surface area contributed by atoms with Crippen LogP contribution in [-0.2, 0) is 4.74 Å². The number of aliphatic imine (C=N–C) groups is 1. The summed E-state index contributed by atoms with van der Waals surface area (Å²) in [6.45, 7) is 9.40. The molecule has 1 aromatic carbocycles. The summed E-state index contributed by atoms with van der Waals surface area (Å²) >= 11 is 1.79. The van der Waals surface area contributed by atoms with Gasteiger partial charge < -0.3 is 19.4 Å². The Morgan fingerprint density at radius 2 is 1.71 bits per heavy atom. The second-order valence-electron chi connectivity index (χ2n) is 8.49. The Kier molecular flexibility index (Phi) is 4.36. The Bertz CT molecular complexity index is 892. The zero-order chi connectivity index (χ0) is 19.3. The van der Waals surface area contributed by atoms with Gasteiger partial charge in [0, 0.05) is 37.6 Å². The van der Waals surface area contributed by atoms with Crippen LogP contribution in [-0.4, -0.2) is 56.3 Å². The first-order valence-corrected chi connectivity index (χ1v) is 11.0. The lowest BCUT2D eigenvalue weighted by Gasteiger charge is -2.34. The number of thiophene rings is 1. The van der Waals surface area contributed by atoms with E-state index in [-0.39, 0.29) is 5.60 Å². The second kappa shape index (κ2) is 6.78. The highest BCUT2D eigenvalue weighted by Gasteiger charge is 2.42. The van der Waals surface area contributed by atoms with E-state index in [4.69, 9.17) is 9.73 Å². The van der Waals surface area contributed by atoms with E-state index in [0.717, 1.165) is 44.9 Å². The van der Waals surface area contributed by atoms with Crippen LogP contribution in [0.4, 0.5) is 16.4 Å². The fourth-order valence-electron chi connectivity index (χ4n) is 3.87. The Balaban J connectivity index is 1.38. The maximum absolute atomic E-state index is 6.27. The van der Waals surface area contributed by atoms with Crippen molar-refractivity contribution < 1.29 is 4.74 Å². The molecule has 6 heteroatoms. The van der Waals surface area contributed by atoms with Gasteiger partial charge in [-0.1, -0.05) is 0 Å². The molecule has 0 radical (unpaired) electrons. The molecule has 1 aromatic heterocycles. The van der Waals surface area contributed by atoms with E-state index in [0.29, 0.717) is 6.67 Å². The van der Waals surface area contributed by atoms with Crippen LogP contribution >= 0.6 is 11.3 Å². The van der Waals surface area contributed by atoms with Crippen LogP contribution in [0.25, 0.3) is 0 Å². The average Bonchev–Trinajstić information content (AvgIpc) is 3.30. The maximum Gasteiger partial charge on any atom is 0.221 e. The molecule has 3 aliphatic rings. The van der Waals surface area contributed by atoms with Gasteiger partial charge in [0.05, 0.1) is 5.56 Å². The van der Waals surface area contributed by atoms with Crippen molar-refractivity contribution in [1.29, 1.82) is 0 Å². The summed E-state index contributed by atoms with van der Waals surface area (Å²) in [5.41, 5.74) is 4.93. The molecule has 28 heavy (non-hydrogen) atoms. The van der Waals surface area contributed by atoms with E-state index < -0.39 is 0 Å². The summed E-state index contributed by atoms with van der Waals surface area (Å²) in [5.74, 6) is 0.832. The first-order valence-electron chi connectivity index (χ1n) is 10.2. The predicted molar refractivity (Wildman–Crippen MR) is 117 cm³/mol. The summed E-state index contributed by atoms with van der Waals surface area (Å²) in [4.78, 5) is 12.0. The molecule has 0 unspecified atom stereocenters. The van der Waals surface area contributed by atoms with Gasteiger partial charge in [-0.3, -0.25) is 0 Å².